The lowest BCUT2D eigenvalue weighted by Crippen LogP contribution is -2.20. The van der Waals surface area contributed by atoms with Crippen molar-refractivity contribution in [2.45, 2.75) is 6.61 Å². The van der Waals surface area contributed by atoms with E-state index in [1.54, 1.807) is 36.5 Å². The number of hydrogen-bond donors (Lipinski definition) is 0. The molecule has 6 rings (SSSR count). The van der Waals surface area contributed by atoms with Crippen molar-refractivity contribution in [1.29, 1.82) is 0 Å². The van der Waals surface area contributed by atoms with Crippen molar-refractivity contribution in [3.63, 3.8) is 0 Å². The molecule has 0 saturated carbocycles. The summed E-state index contributed by atoms with van der Waals surface area (Å²) in [5, 5.41) is 6.85. The molecule has 0 saturated heterocycles. The Morgan fingerprint density at radius 3 is 2.45 bits per heavy atom. The third kappa shape index (κ3) is 5.32. The molecular weight excluding hydrogens is 681 g/mol. The SMILES string of the molecule is O=c1c2ccccc2nc(-c2cc3ccccc3o2)n1N=Cc1cc(Br)c(OCc2ccc(Cl)c(Cl)c2)c(Br)c1. The number of fused-ring (bicyclic) bond motifs is 2. The number of nitrogens with zero attached hydrogens (tertiary/aromatic N) is 3. The standard InChI is InChI=1S/C30H17Br2Cl2N3O3/c31-21-11-18(12-22(32)28(21)39-16-17-9-10-23(33)24(34)13-17)15-35-37-29(27-14-19-5-1-4-8-26(19)40-27)36-25-7-3-2-6-20(25)30(37)38/h1-15H,16H2. The summed E-state index contributed by atoms with van der Waals surface area (Å²) in [6, 6.07) is 25.7. The number of para-hydroxylation sites is 2. The Morgan fingerprint density at radius 1 is 0.925 bits per heavy atom. The lowest BCUT2D eigenvalue weighted by Gasteiger charge is -2.12. The smallest absolute Gasteiger partial charge is 0.282 e. The van der Waals surface area contributed by atoms with Crippen molar-refractivity contribution >= 4 is 83.1 Å². The molecule has 0 unspecified atom stereocenters. The van der Waals surface area contributed by atoms with E-state index in [-0.39, 0.29) is 5.56 Å². The van der Waals surface area contributed by atoms with Gasteiger partial charge in [0, 0.05) is 5.39 Å². The van der Waals surface area contributed by atoms with Crippen LogP contribution in [0.5, 0.6) is 5.75 Å². The van der Waals surface area contributed by atoms with Gasteiger partial charge in [0.25, 0.3) is 5.56 Å². The minimum atomic E-state index is -0.308. The maximum atomic E-state index is 13.5. The molecule has 0 radical (unpaired) electrons. The fraction of sp³-hybridized carbons (Fsp3) is 0.0333. The summed E-state index contributed by atoms with van der Waals surface area (Å²) < 4.78 is 14.7. The molecule has 0 fully saturated rings. The average molecular weight is 698 g/mol. The van der Waals surface area contributed by atoms with E-state index in [1.165, 1.54) is 4.68 Å². The van der Waals surface area contributed by atoms with Crippen molar-refractivity contribution in [3.05, 3.63) is 125 Å². The van der Waals surface area contributed by atoms with Crippen molar-refractivity contribution in [2.75, 3.05) is 0 Å². The summed E-state index contributed by atoms with van der Waals surface area (Å²) >= 11 is 19.3. The van der Waals surface area contributed by atoms with E-state index in [9.17, 15) is 4.79 Å². The van der Waals surface area contributed by atoms with Crippen LogP contribution in [0.3, 0.4) is 0 Å². The molecule has 0 bridgehead atoms. The molecule has 0 aliphatic rings. The van der Waals surface area contributed by atoms with E-state index in [2.05, 4.69) is 37.0 Å². The molecule has 0 spiro atoms. The zero-order valence-electron chi connectivity index (χ0n) is 20.4. The van der Waals surface area contributed by atoms with Crippen LogP contribution < -0.4 is 10.3 Å². The molecular formula is C30H17Br2Cl2N3O3. The second-order valence-corrected chi connectivity index (χ2v) is 11.3. The Labute approximate surface area is 255 Å². The summed E-state index contributed by atoms with van der Waals surface area (Å²) in [6.45, 7) is 0.292. The van der Waals surface area contributed by atoms with Crippen LogP contribution in [0.25, 0.3) is 33.5 Å². The first-order chi connectivity index (χ1) is 19.4. The highest BCUT2D eigenvalue weighted by Crippen LogP contribution is 2.35. The highest BCUT2D eigenvalue weighted by Gasteiger charge is 2.17. The molecule has 2 aromatic heterocycles. The number of furan rings is 1. The van der Waals surface area contributed by atoms with E-state index in [0.29, 0.717) is 59.4 Å². The third-order valence-electron chi connectivity index (χ3n) is 6.11. The largest absolute Gasteiger partial charge is 0.487 e. The minimum absolute atomic E-state index is 0.292. The number of ether oxygens (including phenoxy) is 1. The Hall–Kier alpha value is -3.43. The van der Waals surface area contributed by atoms with Crippen LogP contribution in [0.15, 0.2) is 108 Å². The fourth-order valence-electron chi connectivity index (χ4n) is 4.18. The Bertz CT molecular complexity index is 1950. The third-order valence-corrected chi connectivity index (χ3v) is 8.03. The monoisotopic (exact) mass is 695 g/mol. The van der Waals surface area contributed by atoms with Crippen LogP contribution in [0, 0.1) is 0 Å². The van der Waals surface area contributed by atoms with E-state index < -0.39 is 0 Å². The Kier molecular flexibility index (Phi) is 7.51. The van der Waals surface area contributed by atoms with Gasteiger partial charge in [0.2, 0.25) is 5.82 Å². The summed E-state index contributed by atoms with van der Waals surface area (Å²) in [4.78, 5) is 18.3. The first-order valence-corrected chi connectivity index (χ1v) is 14.3. The van der Waals surface area contributed by atoms with E-state index >= 15 is 0 Å². The maximum Gasteiger partial charge on any atom is 0.282 e. The van der Waals surface area contributed by atoms with Gasteiger partial charge in [-0.1, -0.05) is 59.6 Å². The van der Waals surface area contributed by atoms with Gasteiger partial charge in [0.1, 0.15) is 17.9 Å². The maximum absolute atomic E-state index is 13.5. The van der Waals surface area contributed by atoms with Crippen molar-refractivity contribution in [1.82, 2.24) is 9.66 Å². The number of benzene rings is 4. The summed E-state index contributed by atoms with van der Waals surface area (Å²) in [5.41, 5.74) is 2.54. The predicted octanol–water partition coefficient (Wildman–Crippen LogP) is 9.10. The number of halogens is 4. The topological polar surface area (TPSA) is 69.6 Å². The van der Waals surface area contributed by atoms with Gasteiger partial charge in [-0.2, -0.15) is 9.78 Å². The Morgan fingerprint density at radius 2 is 1.68 bits per heavy atom. The number of rotatable bonds is 6. The van der Waals surface area contributed by atoms with Gasteiger partial charge in [-0.05, 0) is 91.5 Å². The van der Waals surface area contributed by atoms with Crippen LogP contribution in [0.1, 0.15) is 11.1 Å². The molecule has 2 heterocycles. The molecule has 4 aromatic carbocycles. The molecule has 0 N–H and O–H groups in total. The molecule has 0 atom stereocenters. The van der Waals surface area contributed by atoms with Gasteiger partial charge in [0.05, 0.1) is 36.1 Å². The van der Waals surface area contributed by atoms with Gasteiger partial charge in [-0.3, -0.25) is 4.79 Å². The van der Waals surface area contributed by atoms with E-state index in [4.69, 9.17) is 37.3 Å². The van der Waals surface area contributed by atoms with Gasteiger partial charge in [-0.15, -0.1) is 0 Å². The lowest BCUT2D eigenvalue weighted by molar-refractivity contribution is 0.302. The van der Waals surface area contributed by atoms with Gasteiger partial charge in [-0.25, -0.2) is 4.98 Å². The normalized spacial score (nSPS) is 11.6. The van der Waals surface area contributed by atoms with E-state index in [1.807, 2.05) is 54.6 Å². The summed E-state index contributed by atoms with van der Waals surface area (Å²) in [5.74, 6) is 1.35. The van der Waals surface area contributed by atoms with Crippen molar-refractivity contribution in [2.24, 2.45) is 5.10 Å². The molecule has 40 heavy (non-hydrogen) atoms. The van der Waals surface area contributed by atoms with Crippen molar-refractivity contribution < 1.29 is 9.15 Å². The van der Waals surface area contributed by atoms with Gasteiger partial charge in [0.15, 0.2) is 5.76 Å². The number of hydrogen-bond acceptors (Lipinski definition) is 5. The lowest BCUT2D eigenvalue weighted by atomic mass is 10.2. The molecule has 0 aliphatic carbocycles. The second-order valence-electron chi connectivity index (χ2n) is 8.81. The summed E-state index contributed by atoms with van der Waals surface area (Å²) in [6.07, 6.45) is 1.59. The molecule has 0 aliphatic heterocycles. The predicted molar refractivity (Wildman–Crippen MR) is 167 cm³/mol. The van der Waals surface area contributed by atoms with Crippen LogP contribution in [0.2, 0.25) is 10.0 Å². The zero-order chi connectivity index (χ0) is 27.8. The van der Waals surface area contributed by atoms with E-state index in [0.717, 1.165) is 16.5 Å². The van der Waals surface area contributed by atoms with Crippen LogP contribution >= 0.6 is 55.1 Å². The molecule has 10 heteroatoms. The molecule has 198 valence electrons. The van der Waals surface area contributed by atoms with Crippen molar-refractivity contribution in [3.8, 4) is 17.3 Å². The average Bonchev–Trinajstić information content (AvgIpc) is 3.38. The van der Waals surface area contributed by atoms with Crippen LogP contribution in [-0.2, 0) is 6.61 Å². The number of aromatic nitrogens is 2. The van der Waals surface area contributed by atoms with Crippen LogP contribution in [0.4, 0.5) is 0 Å². The first kappa shape index (κ1) is 26.8. The minimum Gasteiger partial charge on any atom is -0.487 e. The quantitative estimate of drug-likeness (QED) is 0.163. The molecule has 6 aromatic rings. The zero-order valence-corrected chi connectivity index (χ0v) is 25.1. The first-order valence-electron chi connectivity index (χ1n) is 12.0. The highest BCUT2D eigenvalue weighted by atomic mass is 79.9. The second kappa shape index (κ2) is 11.2. The van der Waals surface area contributed by atoms with Gasteiger partial charge >= 0.3 is 0 Å². The molecule has 0 amide bonds. The van der Waals surface area contributed by atoms with Gasteiger partial charge < -0.3 is 9.15 Å². The molecule has 6 nitrogen and oxygen atoms in total. The van der Waals surface area contributed by atoms with Crippen LogP contribution in [-0.4, -0.2) is 15.9 Å². The fourth-order valence-corrected chi connectivity index (χ4v) is 5.96. The highest BCUT2D eigenvalue weighted by molar-refractivity contribution is 9.11. The summed E-state index contributed by atoms with van der Waals surface area (Å²) in [7, 11) is 0. The Balaban J connectivity index is 1.36.